The Morgan fingerprint density at radius 1 is 1.10 bits per heavy atom. The molecule has 1 aromatic heterocycles. The zero-order valence-corrected chi connectivity index (χ0v) is 12.2. The fourth-order valence-electron chi connectivity index (χ4n) is 1.27. The standard InChI is InChI=1S/C11H4ClF5N2S2/c12-6-3-1-5(2-4-6)7-10(19-21-18-7)20-9(14)8(13)11(15,16)17/h1-4H. The predicted octanol–water partition coefficient (Wildman–Crippen LogP) is 5.62. The van der Waals surface area contributed by atoms with E-state index in [2.05, 4.69) is 8.75 Å². The highest BCUT2D eigenvalue weighted by atomic mass is 35.5. The highest BCUT2D eigenvalue weighted by Crippen LogP contribution is 2.40. The molecule has 0 N–H and O–H groups in total. The summed E-state index contributed by atoms with van der Waals surface area (Å²) in [4.78, 5) is 0. The summed E-state index contributed by atoms with van der Waals surface area (Å²) in [5.74, 6) is -2.79. The second-order valence-corrected chi connectivity index (χ2v) is 5.53. The van der Waals surface area contributed by atoms with Crippen molar-refractivity contribution in [3.8, 4) is 11.3 Å². The van der Waals surface area contributed by atoms with Crippen LogP contribution in [0.2, 0.25) is 5.02 Å². The molecule has 0 saturated heterocycles. The van der Waals surface area contributed by atoms with Crippen LogP contribution < -0.4 is 0 Å². The maximum absolute atomic E-state index is 13.3. The Labute approximate surface area is 129 Å². The summed E-state index contributed by atoms with van der Waals surface area (Å²) in [7, 11) is 0. The highest BCUT2D eigenvalue weighted by molar-refractivity contribution is 8.03. The SMILES string of the molecule is FC(Sc1nsnc1-c1ccc(Cl)cc1)=C(F)C(F)(F)F. The summed E-state index contributed by atoms with van der Waals surface area (Å²) in [6.45, 7) is 0. The third-order valence-electron chi connectivity index (χ3n) is 2.18. The number of hydrogen-bond acceptors (Lipinski definition) is 4. The molecule has 0 unspecified atom stereocenters. The topological polar surface area (TPSA) is 25.8 Å². The van der Waals surface area contributed by atoms with Crippen LogP contribution in [-0.4, -0.2) is 14.9 Å². The quantitative estimate of drug-likeness (QED) is 0.526. The number of benzene rings is 1. The number of halogens is 6. The molecule has 0 aliphatic carbocycles. The van der Waals surface area contributed by atoms with Crippen molar-refractivity contribution in [1.29, 1.82) is 0 Å². The normalized spacial score (nSPS) is 13.2. The number of aromatic nitrogens is 2. The molecule has 21 heavy (non-hydrogen) atoms. The molecule has 0 aliphatic heterocycles. The molecule has 0 spiro atoms. The van der Waals surface area contributed by atoms with Gasteiger partial charge in [0.25, 0.3) is 0 Å². The molecule has 2 nitrogen and oxygen atoms in total. The van der Waals surface area contributed by atoms with Crippen LogP contribution in [0.5, 0.6) is 0 Å². The minimum Gasteiger partial charge on any atom is -0.198 e. The van der Waals surface area contributed by atoms with Gasteiger partial charge >= 0.3 is 6.18 Å². The highest BCUT2D eigenvalue weighted by Gasteiger charge is 2.39. The van der Waals surface area contributed by atoms with Gasteiger partial charge in [-0.3, -0.25) is 0 Å². The fourth-order valence-corrected chi connectivity index (χ4v) is 2.82. The lowest BCUT2D eigenvalue weighted by Crippen LogP contribution is -2.08. The van der Waals surface area contributed by atoms with Gasteiger partial charge in [0.1, 0.15) is 10.7 Å². The van der Waals surface area contributed by atoms with Crippen LogP contribution in [0, 0.1) is 0 Å². The third kappa shape index (κ3) is 3.92. The summed E-state index contributed by atoms with van der Waals surface area (Å²) >= 11 is 6.32. The molecular formula is C11H4ClF5N2S2. The van der Waals surface area contributed by atoms with Crippen molar-refractivity contribution >= 4 is 35.1 Å². The fraction of sp³-hybridized carbons (Fsp3) is 0.0909. The van der Waals surface area contributed by atoms with Crippen molar-refractivity contribution in [2.45, 2.75) is 11.2 Å². The molecule has 0 radical (unpaired) electrons. The second-order valence-electron chi connectivity index (χ2n) is 3.61. The van der Waals surface area contributed by atoms with E-state index in [0.717, 1.165) is 0 Å². The number of allylic oxidation sites excluding steroid dienone is 1. The number of rotatable bonds is 3. The molecule has 0 aliphatic rings. The zero-order chi connectivity index (χ0) is 15.6. The van der Waals surface area contributed by atoms with Crippen molar-refractivity contribution in [2.24, 2.45) is 0 Å². The first-order valence-corrected chi connectivity index (χ1v) is 7.10. The van der Waals surface area contributed by atoms with Crippen LogP contribution in [0.15, 0.2) is 40.3 Å². The predicted molar refractivity (Wildman–Crippen MR) is 71.5 cm³/mol. The van der Waals surface area contributed by atoms with E-state index in [0.29, 0.717) is 22.3 Å². The summed E-state index contributed by atoms with van der Waals surface area (Å²) < 4.78 is 69.8. The van der Waals surface area contributed by atoms with Crippen molar-refractivity contribution < 1.29 is 22.0 Å². The molecule has 0 fully saturated rings. The largest absolute Gasteiger partial charge is 0.446 e. The van der Waals surface area contributed by atoms with Crippen molar-refractivity contribution in [2.75, 3.05) is 0 Å². The van der Waals surface area contributed by atoms with Gasteiger partial charge in [0, 0.05) is 10.6 Å². The van der Waals surface area contributed by atoms with E-state index >= 15 is 0 Å². The summed E-state index contributed by atoms with van der Waals surface area (Å²) in [6.07, 6.45) is -5.37. The number of hydrogen-bond donors (Lipinski definition) is 0. The van der Waals surface area contributed by atoms with Gasteiger partial charge in [-0.25, -0.2) is 0 Å². The molecule has 10 heteroatoms. The Morgan fingerprint density at radius 3 is 2.29 bits per heavy atom. The maximum atomic E-state index is 13.3. The van der Waals surface area contributed by atoms with Gasteiger partial charge in [-0.15, -0.1) is 0 Å². The molecule has 112 valence electrons. The smallest absolute Gasteiger partial charge is 0.198 e. The van der Waals surface area contributed by atoms with Gasteiger partial charge in [-0.2, -0.15) is 30.7 Å². The Balaban J connectivity index is 2.32. The molecule has 1 aromatic carbocycles. The van der Waals surface area contributed by atoms with Gasteiger partial charge < -0.3 is 0 Å². The Morgan fingerprint density at radius 2 is 1.71 bits per heavy atom. The van der Waals surface area contributed by atoms with Crippen molar-refractivity contribution in [3.05, 3.63) is 40.3 Å². The monoisotopic (exact) mass is 358 g/mol. The molecule has 0 amide bonds. The van der Waals surface area contributed by atoms with Gasteiger partial charge in [0.05, 0.1) is 11.7 Å². The molecule has 0 bridgehead atoms. The average Bonchev–Trinajstić information content (AvgIpc) is 2.85. The molecule has 2 aromatic rings. The van der Waals surface area contributed by atoms with Crippen LogP contribution in [-0.2, 0) is 0 Å². The lowest BCUT2D eigenvalue weighted by Gasteiger charge is -2.04. The van der Waals surface area contributed by atoms with Crippen molar-refractivity contribution in [1.82, 2.24) is 8.75 Å². The third-order valence-corrected chi connectivity index (χ3v) is 3.92. The molecule has 0 saturated carbocycles. The Kier molecular flexibility index (Phi) is 4.84. The van der Waals surface area contributed by atoms with Crippen LogP contribution in [0.25, 0.3) is 11.3 Å². The Hall–Kier alpha value is -1.19. The van der Waals surface area contributed by atoms with E-state index in [-0.39, 0.29) is 22.5 Å². The first kappa shape index (κ1) is 16.2. The van der Waals surface area contributed by atoms with Gasteiger partial charge in [-0.05, 0) is 23.9 Å². The van der Waals surface area contributed by atoms with Gasteiger partial charge in [-0.1, -0.05) is 23.7 Å². The van der Waals surface area contributed by atoms with E-state index in [1.807, 2.05) is 0 Å². The van der Waals surface area contributed by atoms with Crippen LogP contribution >= 0.6 is 35.1 Å². The minimum absolute atomic E-state index is 0.0674. The zero-order valence-electron chi connectivity index (χ0n) is 9.79. The maximum Gasteiger partial charge on any atom is 0.446 e. The molecule has 2 rings (SSSR count). The van der Waals surface area contributed by atoms with Crippen LogP contribution in [0.3, 0.4) is 0 Å². The first-order chi connectivity index (χ1) is 9.79. The number of nitrogens with zero attached hydrogens (tertiary/aromatic N) is 2. The molecular weight excluding hydrogens is 355 g/mol. The van der Waals surface area contributed by atoms with Crippen LogP contribution in [0.4, 0.5) is 22.0 Å². The molecule has 1 heterocycles. The van der Waals surface area contributed by atoms with E-state index in [9.17, 15) is 22.0 Å². The van der Waals surface area contributed by atoms with E-state index in [1.165, 1.54) is 12.1 Å². The lowest BCUT2D eigenvalue weighted by molar-refractivity contribution is -0.110. The van der Waals surface area contributed by atoms with Gasteiger partial charge in [0.15, 0.2) is 0 Å². The lowest BCUT2D eigenvalue weighted by atomic mass is 10.2. The van der Waals surface area contributed by atoms with Crippen molar-refractivity contribution in [3.63, 3.8) is 0 Å². The number of alkyl halides is 3. The Bertz CT molecular complexity index is 666. The number of thioether (sulfide) groups is 1. The van der Waals surface area contributed by atoms with E-state index in [1.54, 1.807) is 12.1 Å². The van der Waals surface area contributed by atoms with Crippen LogP contribution in [0.1, 0.15) is 0 Å². The average molecular weight is 359 g/mol. The second kappa shape index (κ2) is 6.29. The minimum atomic E-state index is -5.37. The summed E-state index contributed by atoms with van der Waals surface area (Å²) in [6, 6.07) is 6.16. The van der Waals surface area contributed by atoms with Gasteiger partial charge in [0.2, 0.25) is 11.0 Å². The first-order valence-electron chi connectivity index (χ1n) is 5.18. The van der Waals surface area contributed by atoms with E-state index < -0.39 is 17.2 Å². The molecule has 0 atom stereocenters. The summed E-state index contributed by atoms with van der Waals surface area (Å²) in [5.41, 5.74) is 0.641. The van der Waals surface area contributed by atoms with E-state index in [4.69, 9.17) is 11.6 Å². The summed E-state index contributed by atoms with van der Waals surface area (Å²) in [5, 5.41) is -1.71.